The molecule has 0 radical (unpaired) electrons. The standard InChI is InChI=1S/C18H25N3O4S/c22-17(20-11-1-2-12-20)9-10-19-18(23)15-5-7-16(8-6-15)26(24,25)21-13-3-4-14-21/h5-8H,1-4,9-14H2,(H,19,23). The van der Waals surface area contributed by atoms with Gasteiger partial charge >= 0.3 is 0 Å². The van der Waals surface area contributed by atoms with Crippen LogP contribution in [0.1, 0.15) is 42.5 Å². The van der Waals surface area contributed by atoms with Gasteiger partial charge in [0.25, 0.3) is 5.91 Å². The average molecular weight is 379 g/mol. The van der Waals surface area contributed by atoms with Crippen molar-refractivity contribution in [1.82, 2.24) is 14.5 Å². The van der Waals surface area contributed by atoms with Crippen molar-refractivity contribution in [2.24, 2.45) is 0 Å². The van der Waals surface area contributed by atoms with Crippen LogP contribution in [0.4, 0.5) is 0 Å². The van der Waals surface area contributed by atoms with Gasteiger partial charge < -0.3 is 10.2 Å². The first-order valence-electron chi connectivity index (χ1n) is 9.15. The Labute approximate surface area is 154 Å². The molecule has 0 unspecified atom stereocenters. The van der Waals surface area contributed by atoms with Crippen LogP contribution in [0, 0.1) is 0 Å². The van der Waals surface area contributed by atoms with E-state index in [0.29, 0.717) is 18.7 Å². The van der Waals surface area contributed by atoms with Crippen molar-refractivity contribution in [2.45, 2.75) is 37.0 Å². The van der Waals surface area contributed by atoms with Crippen LogP contribution in [-0.4, -0.2) is 62.2 Å². The van der Waals surface area contributed by atoms with Gasteiger partial charge in [-0.2, -0.15) is 4.31 Å². The summed E-state index contributed by atoms with van der Waals surface area (Å²) in [5.41, 5.74) is 0.388. The van der Waals surface area contributed by atoms with Crippen LogP contribution in [0.5, 0.6) is 0 Å². The second-order valence-corrected chi connectivity index (χ2v) is 8.67. The number of benzene rings is 1. The lowest BCUT2D eigenvalue weighted by molar-refractivity contribution is -0.129. The van der Waals surface area contributed by atoms with Gasteiger partial charge in [-0.05, 0) is 49.9 Å². The van der Waals surface area contributed by atoms with Crippen LogP contribution in [0.3, 0.4) is 0 Å². The predicted octanol–water partition coefficient (Wildman–Crippen LogP) is 1.21. The molecule has 0 saturated carbocycles. The van der Waals surface area contributed by atoms with Crippen LogP contribution >= 0.6 is 0 Å². The summed E-state index contributed by atoms with van der Waals surface area (Å²) in [4.78, 5) is 26.1. The maximum absolute atomic E-state index is 12.5. The third-order valence-corrected chi connectivity index (χ3v) is 6.82. The van der Waals surface area contributed by atoms with E-state index in [-0.39, 0.29) is 29.7 Å². The number of sulfonamides is 1. The van der Waals surface area contributed by atoms with Gasteiger partial charge in [-0.3, -0.25) is 9.59 Å². The molecule has 1 N–H and O–H groups in total. The minimum Gasteiger partial charge on any atom is -0.352 e. The Hall–Kier alpha value is -1.93. The number of carbonyl (C=O) groups is 2. The number of likely N-dealkylation sites (tertiary alicyclic amines) is 1. The van der Waals surface area contributed by atoms with E-state index < -0.39 is 10.0 Å². The van der Waals surface area contributed by atoms with Gasteiger partial charge in [0.2, 0.25) is 15.9 Å². The Bertz CT molecular complexity index is 749. The fraction of sp³-hybridized carbons (Fsp3) is 0.556. The first-order chi connectivity index (χ1) is 12.5. The Morgan fingerprint density at radius 1 is 0.923 bits per heavy atom. The number of rotatable bonds is 6. The van der Waals surface area contributed by atoms with Crippen LogP contribution < -0.4 is 5.32 Å². The summed E-state index contributed by atoms with van der Waals surface area (Å²) >= 11 is 0. The summed E-state index contributed by atoms with van der Waals surface area (Å²) in [7, 11) is -3.47. The predicted molar refractivity (Wildman–Crippen MR) is 97.2 cm³/mol. The van der Waals surface area contributed by atoms with Crippen molar-refractivity contribution in [2.75, 3.05) is 32.7 Å². The number of nitrogens with one attached hydrogen (secondary N) is 1. The van der Waals surface area contributed by atoms with Crippen molar-refractivity contribution in [3.05, 3.63) is 29.8 Å². The summed E-state index contributed by atoms with van der Waals surface area (Å²) in [5.74, 6) is -0.237. The van der Waals surface area contributed by atoms with Gasteiger partial charge in [-0.15, -0.1) is 0 Å². The molecule has 26 heavy (non-hydrogen) atoms. The molecule has 7 nitrogen and oxygen atoms in total. The lowest BCUT2D eigenvalue weighted by Crippen LogP contribution is -2.32. The SMILES string of the molecule is O=C(NCCC(=O)N1CCCC1)c1ccc(S(=O)(=O)N2CCCC2)cc1. The van der Waals surface area contributed by atoms with Gasteiger partial charge in [-0.25, -0.2) is 8.42 Å². The topological polar surface area (TPSA) is 86.8 Å². The van der Waals surface area contributed by atoms with E-state index in [1.807, 2.05) is 4.90 Å². The van der Waals surface area contributed by atoms with Crippen molar-refractivity contribution in [3.63, 3.8) is 0 Å². The van der Waals surface area contributed by atoms with Crippen molar-refractivity contribution >= 4 is 21.8 Å². The summed E-state index contributed by atoms with van der Waals surface area (Å²) in [6, 6.07) is 5.97. The van der Waals surface area contributed by atoms with E-state index in [1.165, 1.54) is 28.6 Å². The van der Waals surface area contributed by atoms with E-state index >= 15 is 0 Å². The molecule has 1 aromatic carbocycles. The van der Waals surface area contributed by atoms with E-state index in [2.05, 4.69) is 5.32 Å². The smallest absolute Gasteiger partial charge is 0.251 e. The molecule has 0 atom stereocenters. The van der Waals surface area contributed by atoms with Crippen molar-refractivity contribution in [1.29, 1.82) is 0 Å². The lowest BCUT2D eigenvalue weighted by atomic mass is 10.2. The maximum Gasteiger partial charge on any atom is 0.251 e. The molecule has 2 aliphatic rings. The van der Waals surface area contributed by atoms with Crippen LogP contribution in [-0.2, 0) is 14.8 Å². The Morgan fingerprint density at radius 2 is 1.50 bits per heavy atom. The highest BCUT2D eigenvalue weighted by Gasteiger charge is 2.27. The highest BCUT2D eigenvalue weighted by molar-refractivity contribution is 7.89. The minimum absolute atomic E-state index is 0.0647. The van der Waals surface area contributed by atoms with Gasteiger partial charge in [0.1, 0.15) is 0 Å². The molecule has 0 spiro atoms. The summed E-state index contributed by atoms with van der Waals surface area (Å²) in [6.45, 7) is 2.99. The van der Waals surface area contributed by atoms with E-state index in [9.17, 15) is 18.0 Å². The number of hydrogen-bond donors (Lipinski definition) is 1. The van der Waals surface area contributed by atoms with Crippen LogP contribution in [0.2, 0.25) is 0 Å². The van der Waals surface area contributed by atoms with Crippen molar-refractivity contribution in [3.8, 4) is 0 Å². The average Bonchev–Trinajstić information content (AvgIpc) is 3.35. The zero-order valence-corrected chi connectivity index (χ0v) is 15.6. The van der Waals surface area contributed by atoms with E-state index in [0.717, 1.165) is 38.8 Å². The normalized spacial score (nSPS) is 18.2. The van der Waals surface area contributed by atoms with E-state index in [1.54, 1.807) is 0 Å². The fourth-order valence-corrected chi connectivity index (χ4v) is 4.88. The first kappa shape index (κ1) is 18.8. The summed E-state index contributed by atoms with van der Waals surface area (Å²) in [6.07, 6.45) is 4.15. The van der Waals surface area contributed by atoms with Gasteiger partial charge in [0.05, 0.1) is 4.90 Å². The third-order valence-electron chi connectivity index (χ3n) is 4.90. The molecule has 142 valence electrons. The molecule has 3 rings (SSSR count). The number of carbonyl (C=O) groups excluding carboxylic acids is 2. The molecule has 2 saturated heterocycles. The zero-order chi connectivity index (χ0) is 18.6. The molecule has 0 bridgehead atoms. The minimum atomic E-state index is -3.47. The highest BCUT2D eigenvalue weighted by Crippen LogP contribution is 2.21. The summed E-state index contributed by atoms with van der Waals surface area (Å²) < 4.78 is 26.4. The highest BCUT2D eigenvalue weighted by atomic mass is 32.2. The van der Waals surface area contributed by atoms with Gasteiger partial charge in [-0.1, -0.05) is 0 Å². The van der Waals surface area contributed by atoms with Gasteiger partial charge in [0.15, 0.2) is 0 Å². The Balaban J connectivity index is 1.52. The third kappa shape index (κ3) is 4.24. The van der Waals surface area contributed by atoms with Gasteiger partial charge in [0, 0.05) is 44.7 Å². The molecule has 0 aliphatic carbocycles. The van der Waals surface area contributed by atoms with Crippen molar-refractivity contribution < 1.29 is 18.0 Å². The summed E-state index contributed by atoms with van der Waals surface area (Å²) in [5, 5.41) is 2.72. The Morgan fingerprint density at radius 3 is 2.12 bits per heavy atom. The molecule has 0 aromatic heterocycles. The number of hydrogen-bond acceptors (Lipinski definition) is 4. The molecule has 2 aliphatic heterocycles. The molecule has 2 fully saturated rings. The molecule has 2 amide bonds. The lowest BCUT2D eigenvalue weighted by Gasteiger charge is -2.16. The van der Waals surface area contributed by atoms with E-state index in [4.69, 9.17) is 0 Å². The second-order valence-electron chi connectivity index (χ2n) is 6.73. The molecule has 1 aromatic rings. The number of nitrogens with zero attached hydrogens (tertiary/aromatic N) is 2. The quantitative estimate of drug-likeness (QED) is 0.805. The largest absolute Gasteiger partial charge is 0.352 e. The molecule has 8 heteroatoms. The van der Waals surface area contributed by atoms with Crippen LogP contribution in [0.15, 0.2) is 29.2 Å². The van der Waals surface area contributed by atoms with Crippen LogP contribution in [0.25, 0.3) is 0 Å². The number of amides is 2. The monoisotopic (exact) mass is 379 g/mol. The molecular weight excluding hydrogens is 354 g/mol. The zero-order valence-electron chi connectivity index (χ0n) is 14.8. The molecule has 2 heterocycles. The Kier molecular flexibility index (Phi) is 5.93. The first-order valence-corrected chi connectivity index (χ1v) is 10.6. The maximum atomic E-state index is 12.5. The fourth-order valence-electron chi connectivity index (χ4n) is 3.37. The second kappa shape index (κ2) is 8.18. The molecular formula is C18H25N3O4S.